The molecule has 1 unspecified atom stereocenters. The van der Waals surface area contributed by atoms with E-state index < -0.39 is 0 Å². The summed E-state index contributed by atoms with van der Waals surface area (Å²) in [5.41, 5.74) is -0.0643. The molecule has 1 amide bonds. The second kappa shape index (κ2) is 2.63. The molecule has 74 valence electrons. The number of hydrogen-bond donors (Lipinski definition) is 1. The van der Waals surface area contributed by atoms with Gasteiger partial charge in [0.25, 0.3) is 0 Å². The number of halogens is 1. The van der Waals surface area contributed by atoms with Gasteiger partial charge in [0.1, 0.15) is 0 Å². The second-order valence-electron chi connectivity index (χ2n) is 4.74. The van der Waals surface area contributed by atoms with Crippen molar-refractivity contribution in [2.24, 2.45) is 5.41 Å². The second-order valence-corrected chi connectivity index (χ2v) is 5.55. The quantitative estimate of drug-likeness (QED) is 0.696. The number of nitrogens with one attached hydrogen (secondary N) is 1. The average molecular weight is 202 g/mol. The van der Waals surface area contributed by atoms with Crippen molar-refractivity contribution >= 4 is 17.5 Å². The van der Waals surface area contributed by atoms with Crippen LogP contribution in [0.15, 0.2) is 0 Å². The molecular formula is C10H16ClNO. The first-order valence-electron chi connectivity index (χ1n) is 5.00. The summed E-state index contributed by atoms with van der Waals surface area (Å²) >= 11 is 6.09. The summed E-state index contributed by atoms with van der Waals surface area (Å²) in [7, 11) is 0. The van der Waals surface area contributed by atoms with Crippen molar-refractivity contribution in [1.29, 1.82) is 0 Å². The third kappa shape index (κ3) is 1.26. The normalized spacial score (nSPS) is 43.0. The van der Waals surface area contributed by atoms with E-state index in [0.29, 0.717) is 6.04 Å². The Morgan fingerprint density at radius 2 is 2.08 bits per heavy atom. The molecular weight excluding hydrogens is 186 g/mol. The van der Waals surface area contributed by atoms with Crippen LogP contribution in [0.25, 0.3) is 0 Å². The van der Waals surface area contributed by atoms with Gasteiger partial charge in [-0.1, -0.05) is 6.92 Å². The first-order valence-corrected chi connectivity index (χ1v) is 5.37. The zero-order chi connectivity index (χ0) is 9.69. The third-order valence-electron chi connectivity index (χ3n) is 3.44. The van der Waals surface area contributed by atoms with Crippen molar-refractivity contribution in [2.75, 3.05) is 0 Å². The zero-order valence-corrected chi connectivity index (χ0v) is 8.95. The highest BCUT2D eigenvalue weighted by Crippen LogP contribution is 2.70. The molecule has 3 saturated carbocycles. The summed E-state index contributed by atoms with van der Waals surface area (Å²) in [4.78, 5) is 11.7. The molecule has 0 aromatic carbocycles. The van der Waals surface area contributed by atoms with E-state index in [2.05, 4.69) is 12.2 Å². The first kappa shape index (κ1) is 9.32. The highest BCUT2D eigenvalue weighted by atomic mass is 35.5. The lowest BCUT2D eigenvalue weighted by atomic mass is 9.43. The molecule has 0 heterocycles. The van der Waals surface area contributed by atoms with Gasteiger partial charge in [-0.05, 0) is 32.6 Å². The van der Waals surface area contributed by atoms with Gasteiger partial charge < -0.3 is 5.32 Å². The number of rotatable bonds is 3. The highest BCUT2D eigenvalue weighted by molar-refractivity contribution is 6.27. The predicted octanol–water partition coefficient (Wildman–Crippen LogP) is 2.06. The molecule has 0 spiro atoms. The Balaban J connectivity index is 1.86. The first-order chi connectivity index (χ1) is 6.00. The zero-order valence-electron chi connectivity index (χ0n) is 8.19. The Morgan fingerprint density at radius 1 is 1.54 bits per heavy atom. The fourth-order valence-corrected chi connectivity index (χ4v) is 3.15. The minimum atomic E-state index is -0.0643. The lowest BCUT2D eigenvalue weighted by Crippen LogP contribution is -2.69. The number of hydrogen-bond acceptors (Lipinski definition) is 1. The Morgan fingerprint density at radius 3 is 2.46 bits per heavy atom. The summed E-state index contributed by atoms with van der Waals surface area (Å²) in [6.45, 7) is 4.12. The molecule has 2 nitrogen and oxygen atoms in total. The summed E-state index contributed by atoms with van der Waals surface area (Å²) in [5, 5.41) is 3.03. The van der Waals surface area contributed by atoms with E-state index >= 15 is 0 Å². The molecule has 2 bridgehead atoms. The fourth-order valence-electron chi connectivity index (χ4n) is 2.38. The van der Waals surface area contributed by atoms with Gasteiger partial charge in [-0.25, -0.2) is 0 Å². The molecule has 13 heavy (non-hydrogen) atoms. The van der Waals surface area contributed by atoms with E-state index in [-0.39, 0.29) is 16.2 Å². The number of amides is 1. The van der Waals surface area contributed by atoms with Gasteiger partial charge in [0, 0.05) is 10.9 Å². The van der Waals surface area contributed by atoms with E-state index in [1.54, 1.807) is 0 Å². The van der Waals surface area contributed by atoms with E-state index in [0.717, 1.165) is 25.7 Å². The topological polar surface area (TPSA) is 29.1 Å². The fraction of sp³-hybridized carbons (Fsp3) is 0.900. The Kier molecular flexibility index (Phi) is 1.88. The van der Waals surface area contributed by atoms with E-state index in [1.165, 1.54) is 0 Å². The van der Waals surface area contributed by atoms with E-state index in [1.807, 2.05) is 6.92 Å². The van der Waals surface area contributed by atoms with Gasteiger partial charge in [-0.15, -0.1) is 11.6 Å². The summed E-state index contributed by atoms with van der Waals surface area (Å²) in [6.07, 6.45) is 3.67. The molecule has 3 heteroatoms. The molecule has 3 aliphatic rings. The van der Waals surface area contributed by atoms with Gasteiger partial charge in [-0.3, -0.25) is 4.79 Å². The minimum Gasteiger partial charge on any atom is -0.353 e. The van der Waals surface area contributed by atoms with Crippen LogP contribution >= 0.6 is 11.6 Å². The maximum absolute atomic E-state index is 11.7. The van der Waals surface area contributed by atoms with Crippen LogP contribution < -0.4 is 5.32 Å². The minimum absolute atomic E-state index is 0.00674. The van der Waals surface area contributed by atoms with E-state index in [9.17, 15) is 4.79 Å². The van der Waals surface area contributed by atoms with Crippen molar-refractivity contribution in [3.05, 3.63) is 0 Å². The maximum atomic E-state index is 11.7. The molecule has 3 fully saturated rings. The largest absolute Gasteiger partial charge is 0.353 e. The summed E-state index contributed by atoms with van der Waals surface area (Å²) in [6, 6.07) is 0.299. The van der Waals surface area contributed by atoms with Gasteiger partial charge in [0.05, 0.1) is 5.41 Å². The molecule has 0 saturated heterocycles. The van der Waals surface area contributed by atoms with Crippen LogP contribution in [-0.2, 0) is 4.79 Å². The smallest absolute Gasteiger partial charge is 0.226 e. The van der Waals surface area contributed by atoms with Crippen molar-refractivity contribution in [3.63, 3.8) is 0 Å². The SMILES string of the molecule is CCC(C)NC(=O)C12CC(Cl)(C1)C2. The standard InChI is InChI=1S/C10H16ClNO/c1-3-7(2)12-8(13)9-4-10(11,5-9)6-9/h7H,3-6H2,1-2H3,(H,12,13). The van der Waals surface area contributed by atoms with Gasteiger partial charge >= 0.3 is 0 Å². The maximum Gasteiger partial charge on any atom is 0.226 e. The Labute approximate surface area is 84.0 Å². The van der Waals surface area contributed by atoms with Crippen LogP contribution in [0.1, 0.15) is 39.5 Å². The molecule has 1 N–H and O–H groups in total. The molecule has 3 rings (SSSR count). The van der Waals surface area contributed by atoms with Crippen molar-refractivity contribution in [2.45, 2.75) is 50.4 Å². The van der Waals surface area contributed by atoms with Crippen LogP contribution in [0.5, 0.6) is 0 Å². The number of carbonyl (C=O) groups excluding carboxylic acids is 1. The average Bonchev–Trinajstić information content (AvgIpc) is 1.96. The molecule has 3 aliphatic carbocycles. The van der Waals surface area contributed by atoms with Crippen molar-refractivity contribution in [3.8, 4) is 0 Å². The third-order valence-corrected chi connectivity index (χ3v) is 3.84. The molecule has 0 radical (unpaired) electrons. The van der Waals surface area contributed by atoms with E-state index in [4.69, 9.17) is 11.6 Å². The Hall–Kier alpha value is -0.240. The summed E-state index contributed by atoms with van der Waals surface area (Å²) in [5.74, 6) is 0.226. The van der Waals surface area contributed by atoms with Crippen LogP contribution in [0.4, 0.5) is 0 Å². The van der Waals surface area contributed by atoms with Crippen LogP contribution in [-0.4, -0.2) is 16.8 Å². The van der Waals surface area contributed by atoms with Gasteiger partial charge in [-0.2, -0.15) is 0 Å². The molecule has 0 aliphatic heterocycles. The highest BCUT2D eigenvalue weighted by Gasteiger charge is 2.70. The lowest BCUT2D eigenvalue weighted by molar-refractivity contribution is -0.159. The molecule has 0 aromatic rings. The predicted molar refractivity (Wildman–Crippen MR) is 52.8 cm³/mol. The Bertz CT molecular complexity index is 232. The number of carbonyl (C=O) groups is 1. The summed E-state index contributed by atoms with van der Waals surface area (Å²) < 4.78 is 0. The van der Waals surface area contributed by atoms with Crippen molar-refractivity contribution in [1.82, 2.24) is 5.32 Å². The molecule has 0 aromatic heterocycles. The lowest BCUT2D eigenvalue weighted by Gasteiger charge is -2.66. The van der Waals surface area contributed by atoms with Crippen LogP contribution in [0, 0.1) is 5.41 Å². The molecule has 1 atom stereocenters. The van der Waals surface area contributed by atoms with Crippen LogP contribution in [0.3, 0.4) is 0 Å². The van der Waals surface area contributed by atoms with Gasteiger partial charge in [0.15, 0.2) is 0 Å². The van der Waals surface area contributed by atoms with Crippen molar-refractivity contribution < 1.29 is 4.79 Å². The van der Waals surface area contributed by atoms with Gasteiger partial charge in [0.2, 0.25) is 5.91 Å². The van der Waals surface area contributed by atoms with Crippen LogP contribution in [0.2, 0.25) is 0 Å². The monoisotopic (exact) mass is 201 g/mol. The number of alkyl halides is 1.